The molecular weight excluding hydrogens is 1290 g/mol. The van der Waals surface area contributed by atoms with Crippen molar-refractivity contribution < 1.29 is 80.2 Å². The second-order valence-electron chi connectivity index (χ2n) is 30.0. The number of aliphatic hydroxyl groups excluding tert-OH is 1. The standard InChI is InChI=1S/C80H156O17P2/c1-8-10-11-12-13-14-15-16-17-18-19-20-24-29-34-39-47-54-61-77(82)90-67-75(96-79(84)63-56-49-40-35-30-25-22-21-23-28-33-38-46-53-60-73(7)9-2)69-94-98(86,87)92-65-74(81)66-93-99(88,89)95-70-76(68-91-78(83)62-55-48-43-42-45-52-59-72(5)6)97-80(85)64-57-50-41-36-31-26-27-32-37-44-51-58-71(3)4/h71-76,81H,8-70H2,1-7H3,(H,86,87)(H,88,89)/t73?,74-,75-,76-/m1/s1. The monoisotopic (exact) mass is 1450 g/mol. The average molecular weight is 1450 g/mol. The predicted octanol–water partition coefficient (Wildman–Crippen LogP) is 23.7. The molecule has 3 unspecified atom stereocenters. The Labute approximate surface area is 607 Å². The molecule has 6 atom stereocenters. The van der Waals surface area contributed by atoms with Gasteiger partial charge in [0.05, 0.1) is 26.4 Å². The van der Waals surface area contributed by atoms with E-state index in [-0.39, 0.29) is 25.7 Å². The molecule has 19 heteroatoms. The van der Waals surface area contributed by atoms with Crippen molar-refractivity contribution >= 4 is 39.5 Å². The fraction of sp³-hybridized carbons (Fsp3) is 0.950. The molecular formula is C80H156O17P2. The van der Waals surface area contributed by atoms with Gasteiger partial charge in [-0.25, -0.2) is 9.13 Å². The van der Waals surface area contributed by atoms with Crippen LogP contribution in [0.2, 0.25) is 0 Å². The smallest absolute Gasteiger partial charge is 0.462 e. The molecule has 0 saturated heterocycles. The van der Waals surface area contributed by atoms with Crippen LogP contribution in [-0.2, 0) is 65.4 Å². The zero-order valence-electron chi connectivity index (χ0n) is 65.0. The van der Waals surface area contributed by atoms with Gasteiger partial charge in [-0.2, -0.15) is 0 Å². The molecule has 0 aliphatic heterocycles. The zero-order valence-corrected chi connectivity index (χ0v) is 66.8. The Bertz CT molecular complexity index is 1920. The fourth-order valence-electron chi connectivity index (χ4n) is 12.3. The van der Waals surface area contributed by atoms with E-state index < -0.39 is 97.5 Å². The molecule has 0 rings (SSSR count). The molecule has 0 aromatic heterocycles. The van der Waals surface area contributed by atoms with Gasteiger partial charge in [-0.15, -0.1) is 0 Å². The van der Waals surface area contributed by atoms with Crippen molar-refractivity contribution in [3.63, 3.8) is 0 Å². The molecule has 99 heavy (non-hydrogen) atoms. The summed E-state index contributed by atoms with van der Waals surface area (Å²) >= 11 is 0. The van der Waals surface area contributed by atoms with Crippen LogP contribution in [0.1, 0.15) is 414 Å². The van der Waals surface area contributed by atoms with Gasteiger partial charge in [-0.1, -0.05) is 363 Å². The molecule has 17 nitrogen and oxygen atoms in total. The van der Waals surface area contributed by atoms with Crippen LogP contribution in [0.25, 0.3) is 0 Å². The van der Waals surface area contributed by atoms with E-state index in [1.54, 1.807) is 0 Å². The molecule has 3 N–H and O–H groups in total. The number of phosphoric ester groups is 2. The molecule has 0 spiro atoms. The minimum atomic E-state index is -4.96. The van der Waals surface area contributed by atoms with Crippen molar-refractivity contribution in [1.29, 1.82) is 0 Å². The van der Waals surface area contributed by atoms with Gasteiger partial charge in [0.1, 0.15) is 19.3 Å². The maximum Gasteiger partial charge on any atom is 0.472 e. The Balaban J connectivity index is 5.23. The van der Waals surface area contributed by atoms with Gasteiger partial charge in [0.2, 0.25) is 0 Å². The van der Waals surface area contributed by atoms with E-state index in [2.05, 4.69) is 48.5 Å². The van der Waals surface area contributed by atoms with Crippen LogP contribution >= 0.6 is 15.6 Å². The first kappa shape index (κ1) is 97.1. The van der Waals surface area contributed by atoms with E-state index >= 15 is 0 Å². The third kappa shape index (κ3) is 72.8. The second kappa shape index (κ2) is 70.4. The van der Waals surface area contributed by atoms with Gasteiger partial charge >= 0.3 is 39.5 Å². The highest BCUT2D eigenvalue weighted by atomic mass is 31.2. The van der Waals surface area contributed by atoms with Crippen molar-refractivity contribution in [2.75, 3.05) is 39.6 Å². The van der Waals surface area contributed by atoms with Crippen molar-refractivity contribution in [3.8, 4) is 0 Å². The highest BCUT2D eigenvalue weighted by molar-refractivity contribution is 7.47. The fourth-order valence-corrected chi connectivity index (χ4v) is 13.9. The summed E-state index contributed by atoms with van der Waals surface area (Å²) in [5, 5.41) is 10.6. The third-order valence-electron chi connectivity index (χ3n) is 19.0. The Kier molecular flexibility index (Phi) is 69.0. The van der Waals surface area contributed by atoms with Gasteiger partial charge < -0.3 is 33.8 Å². The third-order valence-corrected chi connectivity index (χ3v) is 20.9. The molecule has 0 saturated carbocycles. The van der Waals surface area contributed by atoms with Gasteiger partial charge in [0, 0.05) is 25.7 Å². The first-order valence-corrected chi connectivity index (χ1v) is 44.4. The number of aliphatic hydroxyl groups is 1. The summed E-state index contributed by atoms with van der Waals surface area (Å²) in [5.41, 5.74) is 0. The largest absolute Gasteiger partial charge is 0.472 e. The van der Waals surface area contributed by atoms with Crippen LogP contribution < -0.4 is 0 Å². The van der Waals surface area contributed by atoms with E-state index in [0.717, 1.165) is 108 Å². The maximum atomic E-state index is 13.1. The van der Waals surface area contributed by atoms with E-state index in [0.29, 0.717) is 31.6 Å². The number of carbonyl (C=O) groups excluding carboxylic acids is 4. The minimum Gasteiger partial charge on any atom is -0.462 e. The second-order valence-corrected chi connectivity index (χ2v) is 32.9. The molecule has 588 valence electrons. The minimum absolute atomic E-state index is 0.105. The molecule has 0 aromatic rings. The number of hydrogen-bond acceptors (Lipinski definition) is 15. The number of esters is 4. The summed E-state index contributed by atoms with van der Waals surface area (Å²) in [5.74, 6) is 0.176. The molecule has 0 aliphatic rings. The van der Waals surface area contributed by atoms with Crippen molar-refractivity contribution in [3.05, 3.63) is 0 Å². The number of hydrogen-bond donors (Lipinski definition) is 3. The normalized spacial score (nSPS) is 14.3. The average Bonchev–Trinajstić information content (AvgIpc) is 1.13. The Morgan fingerprint density at radius 3 is 0.768 bits per heavy atom. The molecule has 0 heterocycles. The number of phosphoric acid groups is 2. The Morgan fingerprint density at radius 2 is 0.515 bits per heavy atom. The number of ether oxygens (including phenoxy) is 4. The Hall–Kier alpha value is -1.94. The lowest BCUT2D eigenvalue weighted by Gasteiger charge is -2.21. The van der Waals surface area contributed by atoms with Gasteiger partial charge in [0.15, 0.2) is 12.2 Å². The highest BCUT2D eigenvalue weighted by Crippen LogP contribution is 2.45. The lowest BCUT2D eigenvalue weighted by atomic mass is 9.99. The van der Waals surface area contributed by atoms with Crippen LogP contribution in [0.5, 0.6) is 0 Å². The van der Waals surface area contributed by atoms with Crippen molar-refractivity contribution in [2.45, 2.75) is 433 Å². The topological polar surface area (TPSA) is 237 Å². The quantitative estimate of drug-likeness (QED) is 0.0222. The molecule has 0 amide bonds. The van der Waals surface area contributed by atoms with E-state index in [9.17, 15) is 43.2 Å². The first-order valence-electron chi connectivity index (χ1n) is 41.4. The summed E-state index contributed by atoms with van der Waals surface area (Å²) in [6.45, 7) is 11.9. The summed E-state index contributed by atoms with van der Waals surface area (Å²) in [4.78, 5) is 72.9. The Morgan fingerprint density at radius 1 is 0.293 bits per heavy atom. The number of unbranched alkanes of at least 4 members (excludes halogenated alkanes) is 45. The van der Waals surface area contributed by atoms with Crippen molar-refractivity contribution in [2.24, 2.45) is 17.8 Å². The molecule has 0 aromatic carbocycles. The predicted molar refractivity (Wildman–Crippen MR) is 405 cm³/mol. The summed E-state index contributed by atoms with van der Waals surface area (Å²) in [6, 6.07) is 0. The SMILES string of the molecule is CCCCCCCCCCCCCCCCCCCCC(=O)OC[C@H](COP(=O)(O)OC[C@@H](O)COP(=O)(O)OC[C@@H](COC(=O)CCCCCCCCC(C)C)OC(=O)CCCCCCCCCCCCCC(C)C)OC(=O)CCCCCCCCCCCCCCCCC(C)CC. The zero-order chi connectivity index (χ0) is 73.0. The van der Waals surface area contributed by atoms with Crippen LogP contribution in [-0.4, -0.2) is 96.7 Å². The lowest BCUT2D eigenvalue weighted by molar-refractivity contribution is -0.161. The maximum absolute atomic E-state index is 13.1. The van der Waals surface area contributed by atoms with Gasteiger partial charge in [0.25, 0.3) is 0 Å². The number of rotatable bonds is 78. The molecule has 0 fully saturated rings. The first-order chi connectivity index (χ1) is 47.8. The van der Waals surface area contributed by atoms with Gasteiger partial charge in [-0.3, -0.25) is 37.3 Å². The van der Waals surface area contributed by atoms with Gasteiger partial charge in [-0.05, 0) is 43.4 Å². The summed E-state index contributed by atoms with van der Waals surface area (Å²) < 4.78 is 68.6. The van der Waals surface area contributed by atoms with E-state index in [1.807, 2.05) is 0 Å². The summed E-state index contributed by atoms with van der Waals surface area (Å²) in [6.07, 6.45) is 58.4. The molecule has 0 bridgehead atoms. The van der Waals surface area contributed by atoms with Crippen molar-refractivity contribution in [1.82, 2.24) is 0 Å². The van der Waals surface area contributed by atoms with Crippen LogP contribution in [0.4, 0.5) is 0 Å². The van der Waals surface area contributed by atoms with E-state index in [1.165, 1.54) is 218 Å². The van der Waals surface area contributed by atoms with Crippen LogP contribution in [0.15, 0.2) is 0 Å². The summed E-state index contributed by atoms with van der Waals surface area (Å²) in [7, 11) is -9.92. The molecule has 0 radical (unpaired) electrons. The highest BCUT2D eigenvalue weighted by Gasteiger charge is 2.30. The molecule has 0 aliphatic carbocycles. The van der Waals surface area contributed by atoms with E-state index in [4.69, 9.17) is 37.0 Å². The van der Waals surface area contributed by atoms with Crippen LogP contribution in [0.3, 0.4) is 0 Å². The van der Waals surface area contributed by atoms with Crippen LogP contribution in [0, 0.1) is 17.8 Å². The lowest BCUT2D eigenvalue weighted by Crippen LogP contribution is -2.30. The number of carbonyl (C=O) groups is 4.